The molecule has 0 spiro atoms. The van der Waals surface area contributed by atoms with Crippen molar-refractivity contribution in [1.29, 1.82) is 0 Å². The number of hydrogen-bond donors (Lipinski definition) is 2. The summed E-state index contributed by atoms with van der Waals surface area (Å²) in [6.45, 7) is 3.59. The van der Waals surface area contributed by atoms with E-state index in [1.54, 1.807) is 42.5 Å². The number of nitrogens with one attached hydrogen (secondary N) is 2. The van der Waals surface area contributed by atoms with Gasteiger partial charge in [-0.25, -0.2) is 8.42 Å². The van der Waals surface area contributed by atoms with Gasteiger partial charge in [0, 0.05) is 30.2 Å². The van der Waals surface area contributed by atoms with E-state index in [-0.39, 0.29) is 16.8 Å². The van der Waals surface area contributed by atoms with Crippen molar-refractivity contribution < 1.29 is 13.2 Å². The van der Waals surface area contributed by atoms with Gasteiger partial charge in [-0.05, 0) is 55.5 Å². The Labute approximate surface area is 158 Å². The first-order valence-corrected chi connectivity index (χ1v) is 11.0. The van der Waals surface area contributed by atoms with Crippen molar-refractivity contribution in [3.05, 3.63) is 46.7 Å². The van der Waals surface area contributed by atoms with Crippen LogP contribution >= 0.6 is 11.3 Å². The Kier molecular flexibility index (Phi) is 6.08. The van der Waals surface area contributed by atoms with Crippen LogP contribution in [0.15, 0.2) is 46.7 Å². The number of anilines is 1. The van der Waals surface area contributed by atoms with Crippen LogP contribution in [0.1, 0.15) is 24.6 Å². The molecule has 140 valence electrons. The summed E-state index contributed by atoms with van der Waals surface area (Å²) in [5, 5.41) is 7.99. The summed E-state index contributed by atoms with van der Waals surface area (Å²) in [6.07, 6.45) is 1.81. The molecule has 0 bridgehead atoms. The summed E-state index contributed by atoms with van der Waals surface area (Å²) in [4.78, 5) is 13.7. The van der Waals surface area contributed by atoms with E-state index in [2.05, 4.69) is 10.6 Å². The van der Waals surface area contributed by atoms with Crippen molar-refractivity contribution in [2.24, 2.45) is 0 Å². The van der Waals surface area contributed by atoms with Crippen LogP contribution < -0.4 is 10.6 Å². The first-order chi connectivity index (χ1) is 12.5. The molecule has 1 aliphatic heterocycles. The number of carbonyl (C=O) groups excluding carboxylic acids is 1. The number of benzene rings is 1. The van der Waals surface area contributed by atoms with Crippen LogP contribution in [-0.2, 0) is 21.4 Å². The Hall–Kier alpha value is -1.74. The van der Waals surface area contributed by atoms with E-state index < -0.39 is 10.0 Å². The minimum absolute atomic E-state index is 0.156. The number of nitrogens with zero attached hydrogens (tertiary/aromatic N) is 1. The number of carbonyl (C=O) groups is 1. The summed E-state index contributed by atoms with van der Waals surface area (Å²) < 4.78 is 26.5. The van der Waals surface area contributed by atoms with Crippen molar-refractivity contribution in [2.45, 2.75) is 37.2 Å². The van der Waals surface area contributed by atoms with E-state index in [1.165, 1.54) is 9.18 Å². The van der Waals surface area contributed by atoms with E-state index in [0.29, 0.717) is 25.3 Å². The normalized spacial score (nSPS) is 16.5. The molecule has 1 atom stereocenters. The van der Waals surface area contributed by atoms with Crippen molar-refractivity contribution in [3.63, 3.8) is 0 Å². The van der Waals surface area contributed by atoms with E-state index in [0.717, 1.165) is 12.8 Å². The van der Waals surface area contributed by atoms with Gasteiger partial charge in [-0.15, -0.1) is 11.3 Å². The molecule has 6 nitrogen and oxygen atoms in total. The summed E-state index contributed by atoms with van der Waals surface area (Å²) >= 11 is 1.64. The molecule has 3 rings (SSSR count). The van der Waals surface area contributed by atoms with Gasteiger partial charge in [-0.1, -0.05) is 6.07 Å². The minimum Gasteiger partial charge on any atom is -0.325 e. The Bertz CT molecular complexity index is 827. The fraction of sp³-hybridized carbons (Fsp3) is 0.389. The Morgan fingerprint density at radius 3 is 2.50 bits per heavy atom. The number of amides is 1. The number of hydrogen-bond acceptors (Lipinski definition) is 5. The summed E-state index contributed by atoms with van der Waals surface area (Å²) in [6, 6.07) is 10.00. The largest absolute Gasteiger partial charge is 0.325 e. The molecule has 0 radical (unpaired) electrons. The molecule has 1 aromatic heterocycles. The van der Waals surface area contributed by atoms with E-state index in [9.17, 15) is 13.2 Å². The van der Waals surface area contributed by atoms with Crippen LogP contribution in [0.5, 0.6) is 0 Å². The molecule has 2 aromatic rings. The van der Waals surface area contributed by atoms with Gasteiger partial charge in [0.1, 0.15) is 0 Å². The standard InChI is InChI=1S/C18H23N3O3S2/c1-14(19-13-16-5-4-12-25-16)18(22)20-15-6-8-17(9-7-15)26(23,24)21-10-2-3-11-21/h4-9,12,14,19H,2-3,10-11,13H2,1H3,(H,20,22)/t14-/m1/s1. The zero-order valence-corrected chi connectivity index (χ0v) is 16.3. The quantitative estimate of drug-likeness (QED) is 0.758. The fourth-order valence-corrected chi connectivity index (χ4v) is 4.97. The van der Waals surface area contributed by atoms with Crippen LogP contribution in [0, 0.1) is 0 Å². The van der Waals surface area contributed by atoms with Gasteiger partial charge in [-0.2, -0.15) is 4.31 Å². The van der Waals surface area contributed by atoms with Gasteiger partial charge < -0.3 is 10.6 Å². The molecular weight excluding hydrogens is 370 g/mol. The molecule has 0 unspecified atom stereocenters. The van der Waals surface area contributed by atoms with Crippen LogP contribution in [0.25, 0.3) is 0 Å². The van der Waals surface area contributed by atoms with Gasteiger partial charge in [0.05, 0.1) is 10.9 Å². The minimum atomic E-state index is -3.42. The zero-order chi connectivity index (χ0) is 18.6. The van der Waals surface area contributed by atoms with Gasteiger partial charge in [-0.3, -0.25) is 4.79 Å². The first-order valence-electron chi connectivity index (χ1n) is 8.63. The Balaban J connectivity index is 1.57. The molecule has 2 heterocycles. The molecule has 8 heteroatoms. The maximum absolute atomic E-state index is 12.5. The molecular formula is C18H23N3O3S2. The highest BCUT2D eigenvalue weighted by atomic mass is 32.2. The van der Waals surface area contributed by atoms with Gasteiger partial charge in [0.2, 0.25) is 15.9 Å². The fourth-order valence-electron chi connectivity index (χ4n) is 2.80. The molecule has 1 aromatic carbocycles. The van der Waals surface area contributed by atoms with Gasteiger partial charge in [0.15, 0.2) is 0 Å². The molecule has 1 amide bonds. The lowest BCUT2D eigenvalue weighted by Gasteiger charge is -2.16. The highest BCUT2D eigenvalue weighted by Gasteiger charge is 2.27. The maximum Gasteiger partial charge on any atom is 0.243 e. The van der Waals surface area contributed by atoms with Crippen molar-refractivity contribution >= 4 is 33.0 Å². The second-order valence-electron chi connectivity index (χ2n) is 6.31. The molecule has 1 saturated heterocycles. The third-order valence-corrected chi connectivity index (χ3v) is 7.17. The van der Waals surface area contributed by atoms with Crippen LogP contribution in [0.3, 0.4) is 0 Å². The van der Waals surface area contributed by atoms with E-state index in [1.807, 2.05) is 17.5 Å². The number of rotatable bonds is 7. The molecule has 0 saturated carbocycles. The lowest BCUT2D eigenvalue weighted by molar-refractivity contribution is -0.117. The van der Waals surface area contributed by atoms with Crippen LogP contribution in [-0.4, -0.2) is 37.8 Å². The third kappa shape index (κ3) is 4.50. The lowest BCUT2D eigenvalue weighted by Crippen LogP contribution is -2.37. The molecule has 2 N–H and O–H groups in total. The topological polar surface area (TPSA) is 78.5 Å². The van der Waals surface area contributed by atoms with Crippen LogP contribution in [0.4, 0.5) is 5.69 Å². The van der Waals surface area contributed by atoms with E-state index in [4.69, 9.17) is 0 Å². The SMILES string of the molecule is C[C@@H](NCc1cccs1)C(=O)Nc1ccc(S(=O)(=O)N2CCCC2)cc1. The Morgan fingerprint density at radius 2 is 1.88 bits per heavy atom. The van der Waals surface area contributed by atoms with E-state index >= 15 is 0 Å². The van der Waals surface area contributed by atoms with Gasteiger partial charge >= 0.3 is 0 Å². The summed E-state index contributed by atoms with van der Waals surface area (Å²) in [7, 11) is -3.42. The molecule has 1 fully saturated rings. The number of sulfonamides is 1. The average Bonchev–Trinajstić information content (AvgIpc) is 3.34. The monoisotopic (exact) mass is 393 g/mol. The second kappa shape index (κ2) is 8.30. The van der Waals surface area contributed by atoms with Crippen molar-refractivity contribution in [2.75, 3.05) is 18.4 Å². The first kappa shape index (κ1) is 19.0. The van der Waals surface area contributed by atoms with Gasteiger partial charge in [0.25, 0.3) is 0 Å². The number of thiophene rings is 1. The molecule has 26 heavy (non-hydrogen) atoms. The average molecular weight is 394 g/mol. The summed E-state index contributed by atoms with van der Waals surface area (Å²) in [5.74, 6) is -0.156. The highest BCUT2D eigenvalue weighted by molar-refractivity contribution is 7.89. The zero-order valence-electron chi connectivity index (χ0n) is 14.6. The lowest BCUT2D eigenvalue weighted by atomic mass is 10.2. The van der Waals surface area contributed by atoms with Crippen molar-refractivity contribution in [1.82, 2.24) is 9.62 Å². The highest BCUT2D eigenvalue weighted by Crippen LogP contribution is 2.22. The summed E-state index contributed by atoms with van der Waals surface area (Å²) in [5.41, 5.74) is 0.583. The van der Waals surface area contributed by atoms with Crippen LogP contribution in [0.2, 0.25) is 0 Å². The van der Waals surface area contributed by atoms with Crippen molar-refractivity contribution in [3.8, 4) is 0 Å². The second-order valence-corrected chi connectivity index (χ2v) is 9.28. The smallest absolute Gasteiger partial charge is 0.243 e. The predicted octanol–water partition coefficient (Wildman–Crippen LogP) is 2.65. The maximum atomic E-state index is 12.5. The third-order valence-electron chi connectivity index (χ3n) is 4.38. The predicted molar refractivity (Wildman–Crippen MR) is 104 cm³/mol. The molecule has 1 aliphatic rings. The Morgan fingerprint density at radius 1 is 1.19 bits per heavy atom. The molecule has 0 aliphatic carbocycles.